The molecule has 2 aliphatic rings. The Morgan fingerprint density at radius 2 is 1.31 bits per heavy atom. The zero-order chi connectivity index (χ0) is 37.2. The molecule has 0 aliphatic heterocycles. The lowest BCUT2D eigenvalue weighted by molar-refractivity contribution is -0.140. The number of nitrogens with two attached hydrogens (primary N) is 1. The van der Waals surface area contributed by atoms with Gasteiger partial charge in [0.1, 0.15) is 17.9 Å². The quantitative estimate of drug-likeness (QED) is 0.0481. The van der Waals surface area contributed by atoms with E-state index in [4.69, 9.17) is 10.9 Å². The van der Waals surface area contributed by atoms with Gasteiger partial charge in [0.05, 0.1) is 0 Å². The maximum atomic E-state index is 13.3. The van der Waals surface area contributed by atoms with E-state index in [1.807, 2.05) is 0 Å². The first kappa shape index (κ1) is 41.2. The predicted octanol–water partition coefficient (Wildman–Crippen LogP) is 4.47. The van der Waals surface area contributed by atoms with Gasteiger partial charge in [-0.05, 0) is 81.8 Å². The average Bonchev–Trinajstić information content (AvgIpc) is 3.21. The number of unbranched alkanes of at least 4 members (excludes halogenated alkanes) is 1. The van der Waals surface area contributed by atoms with Gasteiger partial charge in [0.2, 0.25) is 5.91 Å². The number of rotatable bonds is 17. The number of hydrogen-bond acceptors (Lipinski definition) is 9. The molecule has 15 heteroatoms. The highest BCUT2D eigenvalue weighted by atomic mass is 16.4. The van der Waals surface area contributed by atoms with Gasteiger partial charge in [-0.15, -0.1) is 0 Å². The van der Waals surface area contributed by atoms with Gasteiger partial charge in [-0.2, -0.15) is 0 Å². The Kier molecular flexibility index (Phi) is 17.6. The molecule has 0 radical (unpaired) electrons. The summed E-state index contributed by atoms with van der Waals surface area (Å²) in [5.74, 6) is 3.31. The minimum atomic E-state index is -1.47. The topological polar surface area (TPSA) is 250 Å². The third-order valence-corrected chi connectivity index (χ3v) is 10.4. The van der Waals surface area contributed by atoms with Crippen LogP contribution in [0, 0.1) is 23.7 Å². The minimum Gasteiger partial charge on any atom is -0.481 e. The maximum absolute atomic E-state index is 13.3. The number of anilines is 1. The second kappa shape index (κ2) is 21.8. The van der Waals surface area contributed by atoms with Crippen molar-refractivity contribution >= 4 is 41.4 Å². The molecule has 0 bridgehead atoms. The molecule has 1 aromatic heterocycles. The van der Waals surface area contributed by atoms with Crippen LogP contribution < -0.4 is 27.2 Å². The summed E-state index contributed by atoms with van der Waals surface area (Å²) in [5, 5.41) is 34.9. The van der Waals surface area contributed by atoms with Gasteiger partial charge in [0, 0.05) is 36.6 Å². The number of carboxylic acid groups (broad SMARTS) is 3. The second-order valence-corrected chi connectivity index (χ2v) is 14.1. The Labute approximate surface area is 299 Å². The third-order valence-electron chi connectivity index (χ3n) is 10.4. The van der Waals surface area contributed by atoms with E-state index in [1.54, 1.807) is 18.3 Å². The Balaban J connectivity index is 1.39. The van der Waals surface area contributed by atoms with Crippen LogP contribution in [0.2, 0.25) is 0 Å². The number of nitrogens with one attached hydrogen (secondary N) is 4. The molecule has 0 aromatic carbocycles. The number of hydrazine groups is 1. The number of carbonyl (C=O) groups is 6. The highest BCUT2D eigenvalue weighted by Gasteiger charge is 2.30. The Bertz CT molecular complexity index is 1310. The number of Topliss-reactive ketones (excluding diaryl/α,β-unsaturated/α-hetero) is 1. The zero-order valence-corrected chi connectivity index (χ0v) is 29.4. The minimum absolute atomic E-state index is 0.00917. The fourth-order valence-corrected chi connectivity index (χ4v) is 7.51. The van der Waals surface area contributed by atoms with E-state index in [0.717, 1.165) is 77.0 Å². The van der Waals surface area contributed by atoms with Crippen LogP contribution in [0.1, 0.15) is 126 Å². The van der Waals surface area contributed by atoms with Gasteiger partial charge in [-0.1, -0.05) is 51.4 Å². The molecule has 2 fully saturated rings. The number of nitrogen functional groups attached to an aromatic ring is 1. The highest BCUT2D eigenvalue weighted by molar-refractivity contribution is 5.97. The first-order chi connectivity index (χ1) is 24.5. The van der Waals surface area contributed by atoms with Crippen LogP contribution in [-0.2, 0) is 19.2 Å². The summed E-state index contributed by atoms with van der Waals surface area (Å²) in [7, 11) is 0. The molecule has 3 amide bonds. The van der Waals surface area contributed by atoms with Gasteiger partial charge in [-0.25, -0.2) is 25.2 Å². The van der Waals surface area contributed by atoms with E-state index < -0.39 is 42.4 Å². The van der Waals surface area contributed by atoms with Crippen molar-refractivity contribution in [3.8, 4) is 0 Å². The van der Waals surface area contributed by atoms with E-state index in [0.29, 0.717) is 42.6 Å². The number of hydrogen-bond donors (Lipinski definition) is 8. The number of amides is 3. The van der Waals surface area contributed by atoms with Gasteiger partial charge in [0.15, 0.2) is 5.78 Å². The second-order valence-electron chi connectivity index (χ2n) is 14.1. The molecule has 51 heavy (non-hydrogen) atoms. The van der Waals surface area contributed by atoms with E-state index in [-0.39, 0.29) is 36.4 Å². The molecular weight excluding hydrogens is 660 g/mol. The van der Waals surface area contributed by atoms with Crippen molar-refractivity contribution in [2.24, 2.45) is 29.5 Å². The Morgan fingerprint density at radius 3 is 1.92 bits per heavy atom. The molecule has 1 heterocycles. The van der Waals surface area contributed by atoms with Crippen LogP contribution in [0.5, 0.6) is 0 Å². The van der Waals surface area contributed by atoms with Crippen molar-refractivity contribution in [1.82, 2.24) is 20.9 Å². The first-order valence-corrected chi connectivity index (χ1v) is 18.5. The summed E-state index contributed by atoms with van der Waals surface area (Å²) in [6, 6.07) is -0.236. The van der Waals surface area contributed by atoms with Crippen LogP contribution in [-0.4, -0.2) is 74.6 Å². The number of ketones is 1. The highest BCUT2D eigenvalue weighted by Crippen LogP contribution is 2.38. The molecule has 1 aromatic rings. The van der Waals surface area contributed by atoms with Crippen molar-refractivity contribution in [2.75, 3.05) is 12.0 Å². The molecule has 2 saturated carbocycles. The van der Waals surface area contributed by atoms with Crippen LogP contribution in [0.25, 0.3) is 0 Å². The lowest BCUT2D eigenvalue weighted by atomic mass is 9.74. The summed E-state index contributed by atoms with van der Waals surface area (Å²) >= 11 is 0. The normalized spacial score (nSPS) is 22.6. The number of pyridine rings is 1. The molecule has 2 aliphatic carbocycles. The molecule has 0 spiro atoms. The molecule has 9 N–H and O–H groups in total. The summed E-state index contributed by atoms with van der Waals surface area (Å²) in [4.78, 5) is 76.5. The maximum Gasteiger partial charge on any atom is 0.326 e. The Morgan fingerprint density at radius 1 is 0.725 bits per heavy atom. The van der Waals surface area contributed by atoms with Crippen molar-refractivity contribution < 1.29 is 44.1 Å². The molecule has 284 valence electrons. The van der Waals surface area contributed by atoms with Crippen LogP contribution in [0.3, 0.4) is 0 Å². The van der Waals surface area contributed by atoms with Crippen molar-refractivity contribution in [1.29, 1.82) is 0 Å². The Hall–Kier alpha value is -4.27. The monoisotopic (exact) mass is 716 g/mol. The van der Waals surface area contributed by atoms with Crippen LogP contribution in [0.15, 0.2) is 18.3 Å². The molecule has 15 nitrogen and oxygen atoms in total. The molecule has 0 saturated heterocycles. The van der Waals surface area contributed by atoms with Gasteiger partial charge in [-0.3, -0.25) is 14.4 Å². The third kappa shape index (κ3) is 14.5. The predicted molar refractivity (Wildman–Crippen MR) is 189 cm³/mol. The summed E-state index contributed by atoms with van der Waals surface area (Å²) in [6.07, 6.45) is 14.9. The lowest BCUT2D eigenvalue weighted by Gasteiger charge is -2.31. The number of nitrogens with zero attached hydrogens (tertiary/aromatic N) is 1. The largest absolute Gasteiger partial charge is 0.481 e. The smallest absolute Gasteiger partial charge is 0.326 e. The number of urea groups is 1. The number of aromatic nitrogens is 1. The SMILES string of the molecule is NNc1ccc(C(=O)C2CCCCC(C3CCCCC(C(=O)NCCCC[C@H](NC(=O)N[C@@H](CCC(=O)O)C(=O)O)C(=O)O)CCC3)CC2)cn1. The average molecular weight is 717 g/mol. The first-order valence-electron chi connectivity index (χ1n) is 18.5. The molecule has 6 atom stereocenters. The van der Waals surface area contributed by atoms with E-state index >= 15 is 0 Å². The summed E-state index contributed by atoms with van der Waals surface area (Å²) in [5.41, 5.74) is 3.13. The molecule has 3 rings (SSSR count). The number of carboxylic acids is 3. The zero-order valence-electron chi connectivity index (χ0n) is 29.4. The summed E-state index contributed by atoms with van der Waals surface area (Å²) in [6.45, 7) is 0.374. The van der Waals surface area contributed by atoms with Crippen LogP contribution in [0.4, 0.5) is 10.6 Å². The number of aliphatic carboxylic acids is 3. The number of carbonyl (C=O) groups excluding carboxylic acids is 3. The van der Waals surface area contributed by atoms with E-state index in [9.17, 15) is 39.0 Å². The van der Waals surface area contributed by atoms with E-state index in [1.165, 1.54) is 6.42 Å². The van der Waals surface area contributed by atoms with Gasteiger partial charge in [0.25, 0.3) is 0 Å². The van der Waals surface area contributed by atoms with E-state index in [2.05, 4.69) is 26.4 Å². The van der Waals surface area contributed by atoms with Crippen molar-refractivity contribution in [3.63, 3.8) is 0 Å². The van der Waals surface area contributed by atoms with Gasteiger partial charge >= 0.3 is 23.9 Å². The fraction of sp³-hybridized carbons (Fsp3) is 0.694. The standard InChI is InChI=1S/C36H56N6O9/c37-42-30-19-17-27(22-39-30)32(45)25-10-3-1-9-24(15-16-25)23-8-2-4-11-26(13-7-12-23)33(46)38-21-6-5-14-28(34(47)48)40-36(51)41-29(35(49)50)18-20-31(43)44/h17,19,22-26,28-29H,1-16,18,20-21,37H2,(H,38,46)(H,39,42)(H,43,44)(H,47,48)(H,49,50)(H2,40,41,51)/t23?,24?,25?,26?,28-,29-/m0/s1. The summed E-state index contributed by atoms with van der Waals surface area (Å²) < 4.78 is 0. The van der Waals surface area contributed by atoms with Crippen molar-refractivity contribution in [2.45, 2.75) is 128 Å². The van der Waals surface area contributed by atoms with Gasteiger partial charge < -0.3 is 36.7 Å². The fourth-order valence-electron chi connectivity index (χ4n) is 7.51. The molecular formula is C36H56N6O9. The van der Waals surface area contributed by atoms with Crippen LogP contribution >= 0.6 is 0 Å². The molecule has 4 unspecified atom stereocenters. The lowest BCUT2D eigenvalue weighted by Crippen LogP contribution is -2.51. The van der Waals surface area contributed by atoms with Crippen molar-refractivity contribution in [3.05, 3.63) is 23.9 Å².